The summed E-state index contributed by atoms with van der Waals surface area (Å²) in [5.74, 6) is 0.657. The molecule has 29 heavy (non-hydrogen) atoms. The second kappa shape index (κ2) is 8.53. The molecule has 6 nitrogen and oxygen atoms in total. The van der Waals surface area contributed by atoms with Crippen LogP contribution in [0.3, 0.4) is 0 Å². The fourth-order valence-electron chi connectivity index (χ4n) is 4.14. The van der Waals surface area contributed by atoms with Gasteiger partial charge >= 0.3 is 0 Å². The average molecular weight is 396 g/mol. The van der Waals surface area contributed by atoms with Gasteiger partial charge in [-0.25, -0.2) is 0 Å². The van der Waals surface area contributed by atoms with Crippen LogP contribution >= 0.6 is 0 Å². The van der Waals surface area contributed by atoms with Gasteiger partial charge in [-0.2, -0.15) is 0 Å². The standard InChI is InChI=1S/C23H28N2O4/c26-19(16-29-20-6-7-21-18(12-20)13-22(27)24-21)15-25-10-8-23(28,9-11-25)14-17-4-2-1-3-5-17/h1-7,12,19,26,28H,8-11,13-16H2,(H,24,27)/t19-/m1/s1. The third-order valence-corrected chi connectivity index (χ3v) is 5.78. The zero-order chi connectivity index (χ0) is 20.3. The summed E-state index contributed by atoms with van der Waals surface area (Å²) >= 11 is 0. The highest BCUT2D eigenvalue weighted by Crippen LogP contribution is 2.28. The Balaban J connectivity index is 1.21. The highest BCUT2D eigenvalue weighted by atomic mass is 16.5. The van der Waals surface area contributed by atoms with Gasteiger partial charge in [0.2, 0.25) is 5.91 Å². The van der Waals surface area contributed by atoms with Gasteiger partial charge in [0.05, 0.1) is 12.0 Å². The molecule has 6 heteroatoms. The number of carbonyl (C=O) groups is 1. The molecule has 2 aliphatic heterocycles. The van der Waals surface area contributed by atoms with Crippen LogP contribution in [0.25, 0.3) is 0 Å². The maximum atomic E-state index is 11.4. The number of carbonyl (C=O) groups excluding carboxylic acids is 1. The summed E-state index contributed by atoms with van der Waals surface area (Å²) in [6.07, 6.45) is 1.82. The van der Waals surface area contributed by atoms with E-state index in [1.807, 2.05) is 36.4 Å². The predicted molar refractivity (Wildman–Crippen MR) is 111 cm³/mol. The number of amides is 1. The van der Waals surface area contributed by atoms with Crippen LogP contribution in [-0.2, 0) is 17.6 Å². The molecule has 4 rings (SSSR count). The minimum atomic E-state index is -0.671. The normalized spacial score (nSPS) is 19.4. The zero-order valence-electron chi connectivity index (χ0n) is 16.5. The summed E-state index contributed by atoms with van der Waals surface area (Å²) in [6, 6.07) is 15.6. The lowest BCUT2D eigenvalue weighted by atomic mass is 9.85. The molecule has 2 aromatic carbocycles. The van der Waals surface area contributed by atoms with Gasteiger partial charge in [-0.05, 0) is 42.2 Å². The maximum Gasteiger partial charge on any atom is 0.228 e. The van der Waals surface area contributed by atoms with Crippen molar-refractivity contribution in [3.05, 3.63) is 59.7 Å². The van der Waals surface area contributed by atoms with Crippen LogP contribution < -0.4 is 10.1 Å². The Bertz CT molecular complexity index is 847. The van der Waals surface area contributed by atoms with E-state index >= 15 is 0 Å². The number of β-amino-alcohol motifs (C(OH)–C–C–N with tert-alkyl or cyclic N) is 1. The molecule has 2 heterocycles. The number of aliphatic hydroxyl groups excluding tert-OH is 1. The van der Waals surface area contributed by atoms with Gasteiger partial charge in [-0.15, -0.1) is 0 Å². The Kier molecular flexibility index (Phi) is 5.85. The molecule has 0 spiro atoms. The number of fused-ring (bicyclic) bond motifs is 1. The first-order chi connectivity index (χ1) is 14.0. The molecule has 2 aliphatic rings. The van der Waals surface area contributed by atoms with E-state index in [4.69, 9.17) is 4.74 Å². The Labute approximate surface area is 171 Å². The van der Waals surface area contributed by atoms with E-state index in [0.29, 0.717) is 38.0 Å². The molecule has 0 aromatic heterocycles. The molecule has 1 amide bonds. The van der Waals surface area contributed by atoms with E-state index in [1.54, 1.807) is 0 Å². The summed E-state index contributed by atoms with van der Waals surface area (Å²) in [7, 11) is 0. The van der Waals surface area contributed by atoms with E-state index < -0.39 is 11.7 Å². The van der Waals surface area contributed by atoms with Crippen molar-refractivity contribution < 1.29 is 19.7 Å². The number of nitrogens with one attached hydrogen (secondary N) is 1. The first kappa shape index (κ1) is 19.9. The van der Waals surface area contributed by atoms with E-state index in [9.17, 15) is 15.0 Å². The van der Waals surface area contributed by atoms with E-state index in [1.165, 1.54) is 0 Å². The SMILES string of the molecule is O=C1Cc2cc(OC[C@H](O)CN3CCC(O)(Cc4ccccc4)CC3)ccc2N1. The van der Waals surface area contributed by atoms with Crippen molar-refractivity contribution in [1.29, 1.82) is 0 Å². The average Bonchev–Trinajstić information content (AvgIpc) is 3.08. The number of likely N-dealkylation sites (tertiary alicyclic amines) is 1. The molecule has 1 fully saturated rings. The zero-order valence-corrected chi connectivity index (χ0v) is 16.5. The lowest BCUT2D eigenvalue weighted by molar-refractivity contribution is -0.115. The molecule has 0 unspecified atom stereocenters. The first-order valence-electron chi connectivity index (χ1n) is 10.2. The summed E-state index contributed by atoms with van der Waals surface area (Å²) in [5.41, 5.74) is 2.24. The van der Waals surface area contributed by atoms with Crippen molar-refractivity contribution in [2.75, 3.05) is 31.6 Å². The van der Waals surface area contributed by atoms with Gasteiger partial charge in [0, 0.05) is 31.7 Å². The van der Waals surface area contributed by atoms with Gasteiger partial charge < -0.3 is 25.2 Å². The van der Waals surface area contributed by atoms with Crippen LogP contribution in [0.2, 0.25) is 0 Å². The van der Waals surface area contributed by atoms with Gasteiger partial charge in [0.1, 0.15) is 18.5 Å². The number of hydrogen-bond acceptors (Lipinski definition) is 5. The molecule has 0 radical (unpaired) electrons. The summed E-state index contributed by atoms with van der Waals surface area (Å²) in [4.78, 5) is 13.6. The fraction of sp³-hybridized carbons (Fsp3) is 0.435. The first-order valence-corrected chi connectivity index (χ1v) is 10.2. The minimum absolute atomic E-state index is 0.00509. The minimum Gasteiger partial charge on any atom is -0.491 e. The van der Waals surface area contributed by atoms with Crippen LogP contribution in [0.5, 0.6) is 5.75 Å². The largest absolute Gasteiger partial charge is 0.491 e. The number of benzene rings is 2. The molecule has 154 valence electrons. The monoisotopic (exact) mass is 396 g/mol. The second-order valence-electron chi connectivity index (χ2n) is 8.20. The number of aliphatic hydroxyl groups is 2. The Morgan fingerprint density at radius 2 is 1.90 bits per heavy atom. The van der Waals surface area contributed by atoms with Crippen molar-refractivity contribution in [3.8, 4) is 5.75 Å². The maximum absolute atomic E-state index is 11.4. The van der Waals surface area contributed by atoms with Crippen molar-refractivity contribution >= 4 is 11.6 Å². The number of rotatable bonds is 7. The van der Waals surface area contributed by atoms with Crippen LogP contribution in [0.15, 0.2) is 48.5 Å². The number of piperidine rings is 1. The number of nitrogens with zero attached hydrogens (tertiary/aromatic N) is 1. The predicted octanol–water partition coefficient (Wildman–Crippen LogP) is 1.99. The Morgan fingerprint density at radius 1 is 1.14 bits per heavy atom. The molecule has 0 aliphatic carbocycles. The number of ether oxygens (including phenoxy) is 1. The molecular weight excluding hydrogens is 368 g/mol. The van der Waals surface area contributed by atoms with Crippen LogP contribution in [0.4, 0.5) is 5.69 Å². The topological polar surface area (TPSA) is 82.0 Å². The fourth-order valence-corrected chi connectivity index (χ4v) is 4.14. The number of anilines is 1. The molecule has 2 aromatic rings. The van der Waals surface area contributed by atoms with Crippen molar-refractivity contribution in [3.63, 3.8) is 0 Å². The quantitative estimate of drug-likeness (QED) is 0.667. The van der Waals surface area contributed by atoms with E-state index in [0.717, 1.165) is 29.9 Å². The van der Waals surface area contributed by atoms with E-state index in [2.05, 4.69) is 22.3 Å². The van der Waals surface area contributed by atoms with Crippen LogP contribution in [-0.4, -0.2) is 59.0 Å². The summed E-state index contributed by atoms with van der Waals surface area (Å²) in [6.45, 7) is 2.23. The van der Waals surface area contributed by atoms with Gasteiger partial charge in [0.15, 0.2) is 0 Å². The van der Waals surface area contributed by atoms with Crippen molar-refractivity contribution in [1.82, 2.24) is 4.90 Å². The summed E-state index contributed by atoms with van der Waals surface area (Å²) < 4.78 is 5.72. The van der Waals surface area contributed by atoms with E-state index in [-0.39, 0.29) is 12.5 Å². The van der Waals surface area contributed by atoms with Crippen molar-refractivity contribution in [2.45, 2.75) is 37.4 Å². The molecule has 0 saturated carbocycles. The lowest BCUT2D eigenvalue weighted by Crippen LogP contribution is -2.48. The highest BCUT2D eigenvalue weighted by Gasteiger charge is 2.32. The molecule has 3 N–H and O–H groups in total. The third kappa shape index (κ3) is 5.15. The highest BCUT2D eigenvalue weighted by molar-refractivity contribution is 5.99. The molecule has 1 atom stereocenters. The van der Waals surface area contributed by atoms with Crippen molar-refractivity contribution in [2.24, 2.45) is 0 Å². The Hall–Kier alpha value is -2.41. The lowest BCUT2D eigenvalue weighted by Gasteiger charge is -2.39. The molecule has 0 bridgehead atoms. The molecule has 1 saturated heterocycles. The second-order valence-corrected chi connectivity index (χ2v) is 8.20. The van der Waals surface area contributed by atoms with Crippen LogP contribution in [0, 0.1) is 0 Å². The van der Waals surface area contributed by atoms with Gasteiger partial charge in [-0.3, -0.25) is 4.79 Å². The van der Waals surface area contributed by atoms with Crippen LogP contribution in [0.1, 0.15) is 24.0 Å². The Morgan fingerprint density at radius 3 is 2.66 bits per heavy atom. The third-order valence-electron chi connectivity index (χ3n) is 5.78. The van der Waals surface area contributed by atoms with Gasteiger partial charge in [0.25, 0.3) is 0 Å². The molecular formula is C23H28N2O4. The number of hydrogen-bond donors (Lipinski definition) is 3. The summed E-state index contributed by atoms with van der Waals surface area (Å²) in [5, 5.41) is 24.0. The smallest absolute Gasteiger partial charge is 0.228 e. The van der Waals surface area contributed by atoms with Gasteiger partial charge in [-0.1, -0.05) is 30.3 Å².